The van der Waals surface area contributed by atoms with Crippen LogP contribution in [0.3, 0.4) is 0 Å². The molecule has 1 rings (SSSR count). The molecule has 0 radical (unpaired) electrons. The Bertz CT molecular complexity index is 279. The smallest absolute Gasteiger partial charge is 0.188 e. The molecule has 1 aromatic carbocycles. The second kappa shape index (κ2) is 5.34. The molecule has 3 heteroatoms. The molecule has 0 amide bonds. The molecule has 70 valence electrons. The molecule has 2 nitrogen and oxygen atoms in total. The molecule has 0 N–H and O–H groups in total. The Balaban J connectivity index is 2.61. The van der Waals surface area contributed by atoms with Gasteiger partial charge in [0.15, 0.2) is 5.78 Å². The van der Waals surface area contributed by atoms with Crippen LogP contribution in [0.1, 0.15) is 17.3 Å². The second-order valence-corrected chi connectivity index (χ2v) is 3.81. The van der Waals surface area contributed by atoms with E-state index >= 15 is 0 Å². The van der Waals surface area contributed by atoms with E-state index in [2.05, 4.69) is 22.6 Å². The van der Waals surface area contributed by atoms with Crippen LogP contribution in [-0.2, 0) is 4.74 Å². The number of hydrogen-bond donors (Lipinski definition) is 0. The molecular weight excluding hydrogens is 279 g/mol. The normalized spacial score (nSPS) is 10.0. The van der Waals surface area contributed by atoms with E-state index in [4.69, 9.17) is 4.74 Å². The number of ether oxygens (including phenoxy) is 1. The fourth-order valence-corrected chi connectivity index (χ4v) is 1.27. The van der Waals surface area contributed by atoms with E-state index in [-0.39, 0.29) is 12.4 Å². The number of hydrogen-bond acceptors (Lipinski definition) is 2. The molecule has 0 fully saturated rings. The highest BCUT2D eigenvalue weighted by molar-refractivity contribution is 14.1. The predicted molar refractivity (Wildman–Crippen MR) is 60.0 cm³/mol. The zero-order valence-corrected chi connectivity index (χ0v) is 9.58. The molecule has 13 heavy (non-hydrogen) atoms. The van der Waals surface area contributed by atoms with Gasteiger partial charge in [0.1, 0.15) is 6.61 Å². The average Bonchev–Trinajstić information content (AvgIpc) is 2.15. The van der Waals surface area contributed by atoms with Gasteiger partial charge in [0.05, 0.1) is 0 Å². The molecule has 0 unspecified atom stereocenters. The van der Waals surface area contributed by atoms with Crippen LogP contribution in [0, 0.1) is 3.57 Å². The van der Waals surface area contributed by atoms with Gasteiger partial charge in [-0.05, 0) is 41.6 Å². The van der Waals surface area contributed by atoms with Crippen LogP contribution in [0.25, 0.3) is 0 Å². The summed E-state index contributed by atoms with van der Waals surface area (Å²) >= 11 is 2.21. The summed E-state index contributed by atoms with van der Waals surface area (Å²) in [5.74, 6) is 0.0400. The predicted octanol–water partition coefficient (Wildman–Crippen LogP) is 2.51. The van der Waals surface area contributed by atoms with Gasteiger partial charge in [-0.3, -0.25) is 4.79 Å². The van der Waals surface area contributed by atoms with Gasteiger partial charge in [-0.2, -0.15) is 0 Å². The Hall–Kier alpha value is -0.420. The topological polar surface area (TPSA) is 26.3 Å². The van der Waals surface area contributed by atoms with Crippen molar-refractivity contribution in [3.63, 3.8) is 0 Å². The molecule has 0 aliphatic rings. The molecule has 0 saturated heterocycles. The van der Waals surface area contributed by atoms with E-state index < -0.39 is 0 Å². The van der Waals surface area contributed by atoms with E-state index in [1.165, 1.54) is 0 Å². The lowest BCUT2D eigenvalue weighted by molar-refractivity contribution is 0.0783. The molecule has 0 atom stereocenters. The van der Waals surface area contributed by atoms with E-state index in [0.29, 0.717) is 12.2 Å². The summed E-state index contributed by atoms with van der Waals surface area (Å²) in [6, 6.07) is 7.48. The summed E-state index contributed by atoms with van der Waals surface area (Å²) in [5, 5.41) is 0. The summed E-state index contributed by atoms with van der Waals surface area (Å²) in [6.07, 6.45) is 0. The fraction of sp³-hybridized carbons (Fsp3) is 0.300. The van der Waals surface area contributed by atoms with Crippen molar-refractivity contribution < 1.29 is 9.53 Å². The summed E-state index contributed by atoms with van der Waals surface area (Å²) < 4.78 is 6.16. The lowest BCUT2D eigenvalue weighted by atomic mass is 10.1. The first-order valence-corrected chi connectivity index (χ1v) is 5.18. The molecule has 0 heterocycles. The first kappa shape index (κ1) is 10.7. The molecule has 0 bridgehead atoms. The third kappa shape index (κ3) is 3.44. The average molecular weight is 290 g/mol. The maximum atomic E-state index is 11.4. The van der Waals surface area contributed by atoms with Crippen LogP contribution < -0.4 is 0 Å². The molecule has 0 saturated carbocycles. The quantitative estimate of drug-likeness (QED) is 0.629. The monoisotopic (exact) mass is 290 g/mol. The van der Waals surface area contributed by atoms with Crippen LogP contribution in [-0.4, -0.2) is 19.0 Å². The first-order valence-electron chi connectivity index (χ1n) is 4.10. The minimum Gasteiger partial charge on any atom is -0.374 e. The van der Waals surface area contributed by atoms with Crippen LogP contribution >= 0.6 is 22.6 Å². The third-order valence-electron chi connectivity index (χ3n) is 1.60. The molecular formula is C10H11IO2. The van der Waals surface area contributed by atoms with Crippen molar-refractivity contribution in [1.82, 2.24) is 0 Å². The number of rotatable bonds is 4. The minimum absolute atomic E-state index is 0.0400. The second-order valence-electron chi connectivity index (χ2n) is 2.57. The van der Waals surface area contributed by atoms with Gasteiger partial charge in [-0.15, -0.1) is 0 Å². The lowest BCUT2D eigenvalue weighted by Crippen LogP contribution is -2.08. The van der Waals surface area contributed by atoms with Crippen molar-refractivity contribution >= 4 is 28.4 Å². The van der Waals surface area contributed by atoms with Gasteiger partial charge in [-0.25, -0.2) is 0 Å². The van der Waals surface area contributed by atoms with Crippen molar-refractivity contribution in [1.29, 1.82) is 0 Å². The summed E-state index contributed by atoms with van der Waals surface area (Å²) in [6.45, 7) is 2.63. The van der Waals surface area contributed by atoms with Gasteiger partial charge < -0.3 is 4.74 Å². The van der Waals surface area contributed by atoms with E-state index in [1.54, 1.807) is 0 Å². The van der Waals surface area contributed by atoms with Crippen molar-refractivity contribution in [2.24, 2.45) is 0 Å². The number of Topliss-reactive ketones (excluding diaryl/α,β-unsaturated/α-hetero) is 1. The van der Waals surface area contributed by atoms with E-state index in [1.807, 2.05) is 31.2 Å². The minimum atomic E-state index is 0.0400. The lowest BCUT2D eigenvalue weighted by Gasteiger charge is -2.00. The van der Waals surface area contributed by atoms with Crippen LogP contribution in [0.15, 0.2) is 24.3 Å². The number of benzene rings is 1. The van der Waals surface area contributed by atoms with Crippen molar-refractivity contribution in [3.05, 3.63) is 33.4 Å². The molecule has 0 aromatic heterocycles. The van der Waals surface area contributed by atoms with Gasteiger partial charge in [0.2, 0.25) is 0 Å². The molecule has 0 aliphatic heterocycles. The van der Waals surface area contributed by atoms with E-state index in [0.717, 1.165) is 3.57 Å². The number of carbonyl (C=O) groups excluding carboxylic acids is 1. The molecule has 1 aromatic rings. The van der Waals surface area contributed by atoms with Gasteiger partial charge >= 0.3 is 0 Å². The zero-order valence-electron chi connectivity index (χ0n) is 7.42. The summed E-state index contributed by atoms with van der Waals surface area (Å²) in [4.78, 5) is 11.4. The first-order chi connectivity index (χ1) is 6.24. The Morgan fingerprint density at radius 2 is 2.00 bits per heavy atom. The number of carbonyl (C=O) groups is 1. The Morgan fingerprint density at radius 1 is 1.38 bits per heavy atom. The van der Waals surface area contributed by atoms with Crippen LogP contribution in [0.5, 0.6) is 0 Å². The maximum absolute atomic E-state index is 11.4. The SMILES string of the molecule is CCOCC(=O)c1ccc(I)cc1. The number of ketones is 1. The highest BCUT2D eigenvalue weighted by Crippen LogP contribution is 2.07. The molecule has 0 spiro atoms. The van der Waals surface area contributed by atoms with Gasteiger partial charge in [0, 0.05) is 15.7 Å². The third-order valence-corrected chi connectivity index (χ3v) is 2.32. The summed E-state index contributed by atoms with van der Waals surface area (Å²) in [7, 11) is 0. The fourth-order valence-electron chi connectivity index (χ4n) is 0.914. The molecule has 0 aliphatic carbocycles. The highest BCUT2D eigenvalue weighted by Gasteiger charge is 2.04. The van der Waals surface area contributed by atoms with Crippen LogP contribution in [0.4, 0.5) is 0 Å². The van der Waals surface area contributed by atoms with Crippen molar-refractivity contribution in [2.45, 2.75) is 6.92 Å². The van der Waals surface area contributed by atoms with Crippen molar-refractivity contribution in [3.8, 4) is 0 Å². The standard InChI is InChI=1S/C10H11IO2/c1-2-13-7-10(12)8-3-5-9(11)6-4-8/h3-6H,2,7H2,1H3. The highest BCUT2D eigenvalue weighted by atomic mass is 127. The van der Waals surface area contributed by atoms with Gasteiger partial charge in [-0.1, -0.05) is 12.1 Å². The van der Waals surface area contributed by atoms with Gasteiger partial charge in [0.25, 0.3) is 0 Å². The summed E-state index contributed by atoms with van der Waals surface area (Å²) in [5.41, 5.74) is 0.717. The maximum Gasteiger partial charge on any atom is 0.188 e. The Labute approximate surface area is 91.4 Å². The largest absolute Gasteiger partial charge is 0.374 e. The van der Waals surface area contributed by atoms with E-state index in [9.17, 15) is 4.79 Å². The Morgan fingerprint density at radius 3 is 2.54 bits per heavy atom. The number of halogens is 1. The van der Waals surface area contributed by atoms with Crippen molar-refractivity contribution in [2.75, 3.05) is 13.2 Å². The zero-order chi connectivity index (χ0) is 9.68. The van der Waals surface area contributed by atoms with Crippen LogP contribution in [0.2, 0.25) is 0 Å². The Kier molecular flexibility index (Phi) is 4.38.